The van der Waals surface area contributed by atoms with E-state index in [0.29, 0.717) is 0 Å². The summed E-state index contributed by atoms with van der Waals surface area (Å²) in [6, 6.07) is 12.9. The maximum Gasteiger partial charge on any atom is 0.0704 e. The number of hydrogen-bond acceptors (Lipinski definition) is 1. The highest BCUT2D eigenvalue weighted by atomic mass is 14.7. The van der Waals surface area contributed by atoms with Crippen LogP contribution in [0.3, 0.4) is 0 Å². The SMILES string of the molecule is Cc1ccccc1-c1ccc(C2CCCC2)cn1. The number of pyridine rings is 1. The molecule has 1 aliphatic carbocycles. The van der Waals surface area contributed by atoms with Crippen molar-refractivity contribution in [2.75, 3.05) is 0 Å². The van der Waals surface area contributed by atoms with Crippen molar-refractivity contribution in [1.29, 1.82) is 0 Å². The van der Waals surface area contributed by atoms with Gasteiger partial charge in [-0.3, -0.25) is 4.98 Å². The van der Waals surface area contributed by atoms with Crippen molar-refractivity contribution in [2.45, 2.75) is 38.5 Å². The fourth-order valence-electron chi connectivity index (χ4n) is 2.93. The third-order valence-corrected chi connectivity index (χ3v) is 4.03. The number of hydrogen-bond donors (Lipinski definition) is 0. The first kappa shape index (κ1) is 11.5. The summed E-state index contributed by atoms with van der Waals surface area (Å²) in [7, 11) is 0. The van der Waals surface area contributed by atoms with E-state index < -0.39 is 0 Å². The van der Waals surface area contributed by atoms with Crippen LogP contribution in [0.1, 0.15) is 42.7 Å². The Bertz CT molecular complexity index is 522. The molecule has 1 heteroatoms. The molecule has 0 amide bonds. The molecular formula is C17H19N. The van der Waals surface area contributed by atoms with Gasteiger partial charge in [-0.05, 0) is 42.9 Å². The summed E-state index contributed by atoms with van der Waals surface area (Å²) in [4.78, 5) is 4.65. The lowest BCUT2D eigenvalue weighted by Crippen LogP contribution is -1.94. The zero-order valence-electron chi connectivity index (χ0n) is 10.9. The molecule has 0 aliphatic heterocycles. The molecule has 0 atom stereocenters. The fraction of sp³-hybridized carbons (Fsp3) is 0.353. The molecule has 3 rings (SSSR count). The Balaban J connectivity index is 1.89. The Hall–Kier alpha value is -1.63. The molecule has 1 nitrogen and oxygen atoms in total. The first-order valence-electron chi connectivity index (χ1n) is 6.86. The number of aryl methyl sites for hydroxylation is 1. The van der Waals surface area contributed by atoms with E-state index in [1.807, 2.05) is 0 Å². The first-order chi connectivity index (χ1) is 8.84. The number of benzene rings is 1. The summed E-state index contributed by atoms with van der Waals surface area (Å²) < 4.78 is 0. The molecule has 0 radical (unpaired) electrons. The van der Waals surface area contributed by atoms with Crippen molar-refractivity contribution in [3.8, 4) is 11.3 Å². The van der Waals surface area contributed by atoms with Crippen LogP contribution >= 0.6 is 0 Å². The zero-order chi connectivity index (χ0) is 12.4. The quantitative estimate of drug-likeness (QED) is 0.736. The van der Waals surface area contributed by atoms with E-state index in [1.165, 1.54) is 42.4 Å². The normalized spacial score (nSPS) is 16.1. The van der Waals surface area contributed by atoms with E-state index in [-0.39, 0.29) is 0 Å². The summed E-state index contributed by atoms with van der Waals surface area (Å²) >= 11 is 0. The van der Waals surface area contributed by atoms with Gasteiger partial charge in [-0.25, -0.2) is 0 Å². The van der Waals surface area contributed by atoms with E-state index in [4.69, 9.17) is 0 Å². The molecule has 0 unspecified atom stereocenters. The molecule has 1 heterocycles. The fourth-order valence-corrected chi connectivity index (χ4v) is 2.93. The van der Waals surface area contributed by atoms with E-state index in [2.05, 4.69) is 54.5 Å². The second-order valence-corrected chi connectivity index (χ2v) is 5.27. The summed E-state index contributed by atoms with van der Waals surface area (Å²) in [5.74, 6) is 0.753. The largest absolute Gasteiger partial charge is 0.256 e. The van der Waals surface area contributed by atoms with Gasteiger partial charge < -0.3 is 0 Å². The van der Waals surface area contributed by atoms with Crippen LogP contribution in [-0.2, 0) is 0 Å². The molecule has 1 aromatic heterocycles. The minimum Gasteiger partial charge on any atom is -0.256 e. The molecule has 92 valence electrons. The van der Waals surface area contributed by atoms with Crippen LogP contribution in [0.2, 0.25) is 0 Å². The second-order valence-electron chi connectivity index (χ2n) is 5.27. The highest BCUT2D eigenvalue weighted by molar-refractivity contribution is 5.63. The Morgan fingerprint density at radius 1 is 1.00 bits per heavy atom. The van der Waals surface area contributed by atoms with Crippen molar-refractivity contribution < 1.29 is 0 Å². The van der Waals surface area contributed by atoms with Gasteiger partial charge in [0.25, 0.3) is 0 Å². The van der Waals surface area contributed by atoms with E-state index in [1.54, 1.807) is 0 Å². The molecule has 1 aliphatic rings. The molecule has 1 aromatic carbocycles. The molecule has 1 fully saturated rings. The molecule has 0 spiro atoms. The highest BCUT2D eigenvalue weighted by Crippen LogP contribution is 2.34. The smallest absolute Gasteiger partial charge is 0.0704 e. The van der Waals surface area contributed by atoms with Gasteiger partial charge in [0.1, 0.15) is 0 Å². The maximum atomic E-state index is 4.65. The molecule has 18 heavy (non-hydrogen) atoms. The summed E-state index contributed by atoms with van der Waals surface area (Å²) in [5.41, 5.74) is 5.05. The van der Waals surface area contributed by atoms with Crippen LogP contribution in [-0.4, -0.2) is 4.98 Å². The Kier molecular flexibility index (Phi) is 3.14. The van der Waals surface area contributed by atoms with Gasteiger partial charge >= 0.3 is 0 Å². The van der Waals surface area contributed by atoms with Gasteiger partial charge in [0.15, 0.2) is 0 Å². The predicted molar refractivity (Wildman–Crippen MR) is 75.6 cm³/mol. The second kappa shape index (κ2) is 4.93. The van der Waals surface area contributed by atoms with E-state index in [9.17, 15) is 0 Å². The van der Waals surface area contributed by atoms with Gasteiger partial charge in [-0.2, -0.15) is 0 Å². The third-order valence-electron chi connectivity index (χ3n) is 4.03. The third kappa shape index (κ3) is 2.17. The highest BCUT2D eigenvalue weighted by Gasteiger charge is 2.17. The minimum absolute atomic E-state index is 0.753. The van der Waals surface area contributed by atoms with Gasteiger partial charge in [-0.15, -0.1) is 0 Å². The summed E-state index contributed by atoms with van der Waals surface area (Å²) in [6.07, 6.45) is 7.52. The lowest BCUT2D eigenvalue weighted by Gasteiger charge is -2.10. The summed E-state index contributed by atoms with van der Waals surface area (Å²) in [6.45, 7) is 2.14. The molecule has 2 aromatic rings. The lowest BCUT2D eigenvalue weighted by atomic mass is 9.98. The van der Waals surface area contributed by atoms with Crippen LogP contribution < -0.4 is 0 Å². The van der Waals surface area contributed by atoms with E-state index in [0.717, 1.165) is 11.6 Å². The van der Waals surface area contributed by atoms with Gasteiger partial charge in [0, 0.05) is 11.8 Å². The Labute approximate surface area is 109 Å². The standard InChI is InChI=1S/C17H19N/c1-13-6-2-5-9-16(13)17-11-10-15(12-18-17)14-7-3-4-8-14/h2,5-6,9-12,14H,3-4,7-8H2,1H3. The molecule has 0 bridgehead atoms. The number of rotatable bonds is 2. The molecular weight excluding hydrogens is 218 g/mol. The van der Waals surface area contributed by atoms with Crippen LogP contribution in [0.15, 0.2) is 42.6 Å². The predicted octanol–water partition coefficient (Wildman–Crippen LogP) is 4.71. The van der Waals surface area contributed by atoms with Crippen molar-refractivity contribution in [1.82, 2.24) is 4.98 Å². The van der Waals surface area contributed by atoms with E-state index >= 15 is 0 Å². The number of aromatic nitrogens is 1. The van der Waals surface area contributed by atoms with Crippen LogP contribution in [0.5, 0.6) is 0 Å². The van der Waals surface area contributed by atoms with Gasteiger partial charge in [-0.1, -0.05) is 43.2 Å². The van der Waals surface area contributed by atoms with Crippen LogP contribution in [0.25, 0.3) is 11.3 Å². The number of nitrogens with zero attached hydrogens (tertiary/aromatic N) is 1. The monoisotopic (exact) mass is 237 g/mol. The van der Waals surface area contributed by atoms with Crippen LogP contribution in [0.4, 0.5) is 0 Å². The maximum absolute atomic E-state index is 4.65. The summed E-state index contributed by atoms with van der Waals surface area (Å²) in [5, 5.41) is 0. The van der Waals surface area contributed by atoms with Crippen molar-refractivity contribution in [3.63, 3.8) is 0 Å². The van der Waals surface area contributed by atoms with Crippen molar-refractivity contribution in [3.05, 3.63) is 53.7 Å². The first-order valence-corrected chi connectivity index (χ1v) is 6.86. The molecule has 0 saturated heterocycles. The lowest BCUT2D eigenvalue weighted by molar-refractivity contribution is 0.719. The topological polar surface area (TPSA) is 12.9 Å². The zero-order valence-corrected chi connectivity index (χ0v) is 10.9. The average molecular weight is 237 g/mol. The van der Waals surface area contributed by atoms with Gasteiger partial charge in [0.2, 0.25) is 0 Å². The van der Waals surface area contributed by atoms with Gasteiger partial charge in [0.05, 0.1) is 5.69 Å². The minimum atomic E-state index is 0.753. The molecule has 0 N–H and O–H groups in total. The average Bonchev–Trinajstić information content (AvgIpc) is 2.94. The Morgan fingerprint density at radius 3 is 2.44 bits per heavy atom. The van der Waals surface area contributed by atoms with Crippen molar-refractivity contribution >= 4 is 0 Å². The Morgan fingerprint density at radius 2 is 1.78 bits per heavy atom. The molecule has 1 saturated carbocycles. The van der Waals surface area contributed by atoms with Crippen LogP contribution in [0, 0.1) is 6.92 Å². The van der Waals surface area contributed by atoms with Crippen molar-refractivity contribution in [2.24, 2.45) is 0 Å².